The Kier molecular flexibility index (Phi) is 21.1. The number of nitrogen functional groups attached to an aromatic ring is 1. The van der Waals surface area contributed by atoms with Gasteiger partial charge in [-0.1, -0.05) is 0 Å². The first-order valence-corrected chi connectivity index (χ1v) is 35.5. The average Bonchev–Trinajstić information content (AvgIpc) is 1.66. The number of thiophene rings is 3. The molecular formula is C66H84BrF6N15O2S3. The zero-order valence-corrected chi connectivity index (χ0v) is 57.4. The maximum absolute atomic E-state index is 13.7. The molecule has 17 nitrogen and oxygen atoms in total. The van der Waals surface area contributed by atoms with Gasteiger partial charge in [-0.2, -0.15) is 15.3 Å². The lowest BCUT2D eigenvalue weighted by molar-refractivity contribution is -0.0384. The number of aromatic amines is 1. The lowest BCUT2D eigenvalue weighted by Crippen LogP contribution is -2.32. The number of ether oxygens (including phenoxy) is 2. The SMILES string of the molecule is CC(C)(C)Nc1cc(Br)c2sc(-c3ccnn3C3CCCCO3)cc2n1.CC(C)(C)Nc1cc(NC2CCC(F)(F)CC2)c2sc(-c3ccnn3C3CCCCO3)cc2n1.NC1CCC(F)(F)CC1.Nc1cc(NC2CCC(F)(F)CC2)c2sc(-c3ccn[nH]3)cc2n1. The van der Waals surface area contributed by atoms with E-state index in [1.54, 1.807) is 46.3 Å². The Labute approximate surface area is 558 Å². The Balaban J connectivity index is 0.000000135. The Morgan fingerprint density at radius 2 is 0.989 bits per heavy atom. The summed E-state index contributed by atoms with van der Waals surface area (Å²) in [5.74, 6) is -5.42. The number of fused-ring (bicyclic) bond motifs is 3. The lowest BCUT2D eigenvalue weighted by atomic mass is 9.92. The van der Waals surface area contributed by atoms with Crippen LogP contribution in [0.4, 0.5) is 55.2 Å². The van der Waals surface area contributed by atoms with Gasteiger partial charge >= 0.3 is 0 Å². The molecule has 9 aromatic rings. The number of pyridine rings is 3. The van der Waals surface area contributed by atoms with Crippen molar-refractivity contribution in [1.82, 2.24) is 44.7 Å². The normalized spacial score (nSPS) is 20.5. The minimum absolute atomic E-state index is 0.0182. The van der Waals surface area contributed by atoms with Gasteiger partial charge in [0, 0.05) is 116 Å². The number of aromatic nitrogens is 9. The fourth-order valence-corrected chi connectivity index (χ4v) is 15.9. The Bertz CT molecular complexity index is 3910. The Hall–Kier alpha value is -6.10. The largest absolute Gasteiger partial charge is 0.384 e. The molecule has 5 aliphatic rings. The van der Waals surface area contributed by atoms with Crippen LogP contribution in [0, 0.1) is 0 Å². The molecule has 3 aliphatic carbocycles. The summed E-state index contributed by atoms with van der Waals surface area (Å²) in [7, 11) is 0. The monoisotopic (exact) mass is 1410 g/mol. The molecule has 2 unspecified atom stereocenters. The number of nitrogens with one attached hydrogen (secondary N) is 5. The van der Waals surface area contributed by atoms with E-state index in [-0.39, 0.29) is 80.2 Å². The van der Waals surface area contributed by atoms with Crippen LogP contribution in [0.5, 0.6) is 0 Å². The summed E-state index contributed by atoms with van der Waals surface area (Å²) in [6.45, 7) is 14.3. The standard InChI is InChI=1S/C25H33F2N5OS.C19H23BrN4OS.C16H17F2N5S.C6H11F2N/c1-24(2,3)31-21-15-18(29-16-7-10-25(26,27)11-8-16)23-17(30-21)14-20(34-23)19-9-12-28-32(19)22-6-4-5-13-33-22;1-19(2,3)23-16-10-12(20)18-13(22-16)11-15(26-18)14-7-8-21-24(14)17-6-4-5-9-25-17;17-16(18)4-1-9(2-5-16)21-12-8-14(19)22-11-7-13(24-15(11)12)10-3-6-20-23-10;7-6(8)3-1-5(9)2-4-6/h9,12,14-16,22H,4-8,10-11,13H2,1-3H3,(H2,29,30,31);7-8,10-11,17H,4-6,9H2,1-3H3,(H,22,23);3,6-9H,1-2,4-5H2,(H,20,23)(H3,19,21,22);5H,1-4,9H2. The summed E-state index contributed by atoms with van der Waals surface area (Å²) in [4.78, 5) is 17.3. The highest BCUT2D eigenvalue weighted by molar-refractivity contribution is 9.10. The molecule has 11 heterocycles. The number of halogens is 7. The van der Waals surface area contributed by atoms with Crippen molar-refractivity contribution >= 4 is 109 Å². The molecule has 502 valence electrons. The van der Waals surface area contributed by atoms with Gasteiger partial charge in [0.1, 0.15) is 17.5 Å². The molecule has 0 aromatic carbocycles. The maximum atomic E-state index is 13.7. The van der Waals surface area contributed by atoms with Crippen molar-refractivity contribution in [2.45, 2.75) is 217 Å². The van der Waals surface area contributed by atoms with Gasteiger partial charge in [0.15, 0.2) is 12.5 Å². The van der Waals surface area contributed by atoms with Crippen LogP contribution >= 0.6 is 49.9 Å². The third-order valence-corrected chi connectivity index (χ3v) is 21.2. The molecule has 27 heteroatoms. The van der Waals surface area contributed by atoms with E-state index in [9.17, 15) is 26.3 Å². The third kappa shape index (κ3) is 18.1. The fraction of sp³-hybridized carbons (Fsp3) is 0.545. The van der Waals surface area contributed by atoms with Crippen LogP contribution in [0.1, 0.15) is 170 Å². The number of nitrogens with zero attached hydrogens (tertiary/aromatic N) is 8. The molecule has 2 aliphatic heterocycles. The van der Waals surface area contributed by atoms with Crippen LogP contribution in [-0.4, -0.2) is 105 Å². The molecule has 0 bridgehead atoms. The van der Waals surface area contributed by atoms with Gasteiger partial charge in [0.05, 0.1) is 73.7 Å². The second-order valence-electron chi connectivity index (χ2n) is 27.0. The van der Waals surface area contributed by atoms with Gasteiger partial charge in [-0.05, 0) is 177 Å². The van der Waals surface area contributed by atoms with Crippen molar-refractivity contribution in [2.75, 3.05) is 40.2 Å². The predicted molar refractivity (Wildman–Crippen MR) is 368 cm³/mol. The van der Waals surface area contributed by atoms with E-state index in [0.717, 1.165) is 135 Å². The van der Waals surface area contributed by atoms with Crippen molar-refractivity contribution in [3.63, 3.8) is 0 Å². The summed E-state index contributed by atoms with van der Waals surface area (Å²) in [5, 5.41) is 29.9. The van der Waals surface area contributed by atoms with Crippen LogP contribution in [0.25, 0.3) is 62.4 Å². The summed E-state index contributed by atoms with van der Waals surface area (Å²) >= 11 is 8.68. The number of H-pyrrole nitrogens is 1. The highest BCUT2D eigenvalue weighted by Crippen LogP contribution is 2.45. The zero-order chi connectivity index (χ0) is 65.9. The van der Waals surface area contributed by atoms with Crippen molar-refractivity contribution in [1.29, 1.82) is 0 Å². The van der Waals surface area contributed by atoms with Crippen molar-refractivity contribution in [3.8, 4) is 31.7 Å². The van der Waals surface area contributed by atoms with E-state index in [0.29, 0.717) is 44.3 Å². The minimum atomic E-state index is -2.54. The van der Waals surface area contributed by atoms with Gasteiger partial charge in [-0.25, -0.2) is 50.7 Å². The lowest BCUT2D eigenvalue weighted by Gasteiger charge is -2.30. The van der Waals surface area contributed by atoms with Crippen LogP contribution in [0.2, 0.25) is 0 Å². The molecule has 2 atom stereocenters. The third-order valence-electron chi connectivity index (χ3n) is 16.8. The maximum Gasteiger partial charge on any atom is 0.248 e. The quantitative estimate of drug-likeness (QED) is 0.0599. The number of anilines is 5. The minimum Gasteiger partial charge on any atom is -0.384 e. The van der Waals surface area contributed by atoms with Gasteiger partial charge < -0.3 is 42.2 Å². The van der Waals surface area contributed by atoms with E-state index < -0.39 is 17.8 Å². The van der Waals surface area contributed by atoms with Gasteiger partial charge in [0.2, 0.25) is 17.8 Å². The number of rotatable bonds is 11. The van der Waals surface area contributed by atoms with Crippen molar-refractivity contribution < 1.29 is 35.8 Å². The topological polar surface area (TPSA) is 222 Å². The molecule has 2 saturated heterocycles. The first kappa shape index (κ1) is 68.3. The highest BCUT2D eigenvalue weighted by Gasteiger charge is 2.37. The fourth-order valence-electron chi connectivity index (χ4n) is 12.1. The molecule has 5 fully saturated rings. The number of hydrogen-bond acceptors (Lipinski definition) is 17. The molecule has 93 heavy (non-hydrogen) atoms. The second-order valence-corrected chi connectivity index (χ2v) is 31.1. The molecular weight excluding hydrogens is 1320 g/mol. The van der Waals surface area contributed by atoms with Gasteiger partial charge in [-0.3, -0.25) is 5.10 Å². The Morgan fingerprint density at radius 3 is 1.45 bits per heavy atom. The highest BCUT2D eigenvalue weighted by atomic mass is 79.9. The molecule has 14 rings (SSSR count). The van der Waals surface area contributed by atoms with Gasteiger partial charge in [0.25, 0.3) is 0 Å². The van der Waals surface area contributed by atoms with E-state index in [2.05, 4.69) is 128 Å². The molecule has 9 aromatic heterocycles. The smallest absolute Gasteiger partial charge is 0.248 e. The summed E-state index contributed by atoms with van der Waals surface area (Å²) < 4.78 is 98.8. The first-order chi connectivity index (χ1) is 44.2. The van der Waals surface area contributed by atoms with Gasteiger partial charge in [-0.15, -0.1) is 34.0 Å². The molecule has 9 N–H and O–H groups in total. The van der Waals surface area contributed by atoms with E-state index >= 15 is 0 Å². The molecule has 0 spiro atoms. The summed E-state index contributed by atoms with van der Waals surface area (Å²) in [6, 6.07) is 18.1. The van der Waals surface area contributed by atoms with Crippen LogP contribution in [0.3, 0.4) is 0 Å². The number of hydrogen-bond donors (Lipinski definition) is 7. The summed E-state index contributed by atoms with van der Waals surface area (Å²) in [6.07, 6.45) is 14.3. The number of alkyl halides is 6. The van der Waals surface area contributed by atoms with E-state index in [1.165, 1.54) is 6.42 Å². The van der Waals surface area contributed by atoms with Crippen molar-refractivity contribution in [3.05, 3.63) is 77.7 Å². The second kappa shape index (κ2) is 28.7. The van der Waals surface area contributed by atoms with Crippen LogP contribution < -0.4 is 32.7 Å². The van der Waals surface area contributed by atoms with Crippen LogP contribution in [0.15, 0.2) is 77.7 Å². The molecule has 0 amide bonds. The average molecular weight is 1410 g/mol. The summed E-state index contributed by atoms with van der Waals surface area (Å²) in [5.41, 5.74) is 18.7. The Morgan fingerprint density at radius 1 is 0.548 bits per heavy atom. The van der Waals surface area contributed by atoms with E-state index in [4.69, 9.17) is 30.9 Å². The molecule has 3 saturated carbocycles. The zero-order valence-electron chi connectivity index (χ0n) is 53.4. The van der Waals surface area contributed by atoms with Crippen LogP contribution in [-0.2, 0) is 9.47 Å². The predicted octanol–water partition coefficient (Wildman–Crippen LogP) is 18.7. The number of nitrogens with two attached hydrogens (primary N) is 2. The van der Waals surface area contributed by atoms with Crippen molar-refractivity contribution in [2.24, 2.45) is 5.73 Å². The first-order valence-electron chi connectivity index (χ1n) is 32.2. The molecule has 0 radical (unpaired) electrons. The van der Waals surface area contributed by atoms with E-state index in [1.807, 2.05) is 46.0 Å².